The van der Waals surface area contributed by atoms with Crippen LogP contribution in [0.3, 0.4) is 0 Å². The zero-order valence-corrected chi connectivity index (χ0v) is 13.3. The highest BCUT2D eigenvalue weighted by Gasteiger charge is 2.10. The molecule has 0 atom stereocenters. The second-order valence-corrected chi connectivity index (χ2v) is 5.70. The number of aromatic nitrogens is 2. The van der Waals surface area contributed by atoms with Crippen LogP contribution in [0.2, 0.25) is 0 Å². The maximum Gasteiger partial charge on any atom is 0.269 e. The first-order chi connectivity index (χ1) is 11.1. The molecule has 0 saturated carbocycles. The number of hydrogen-bond donors (Lipinski definition) is 2. The second-order valence-electron chi connectivity index (χ2n) is 5.70. The van der Waals surface area contributed by atoms with E-state index in [2.05, 4.69) is 21.6 Å². The highest BCUT2D eigenvalue weighted by atomic mass is 16.1. The van der Waals surface area contributed by atoms with Crippen LogP contribution in [0.1, 0.15) is 27.2 Å². The molecule has 4 heteroatoms. The van der Waals surface area contributed by atoms with E-state index in [9.17, 15) is 4.79 Å². The van der Waals surface area contributed by atoms with Gasteiger partial charge in [0.05, 0.1) is 5.69 Å². The summed E-state index contributed by atoms with van der Waals surface area (Å²) in [5.74, 6) is -0.155. The molecule has 23 heavy (non-hydrogen) atoms. The summed E-state index contributed by atoms with van der Waals surface area (Å²) in [7, 11) is 0. The number of carbonyl (C=O) groups is 1. The van der Waals surface area contributed by atoms with Crippen LogP contribution in [0, 0.1) is 13.8 Å². The van der Waals surface area contributed by atoms with Gasteiger partial charge in [-0.25, -0.2) is 0 Å². The van der Waals surface area contributed by atoms with E-state index < -0.39 is 0 Å². The van der Waals surface area contributed by atoms with E-state index in [4.69, 9.17) is 0 Å². The fourth-order valence-electron chi connectivity index (χ4n) is 2.41. The lowest BCUT2D eigenvalue weighted by atomic mass is 10.1. The second kappa shape index (κ2) is 6.48. The number of nitrogens with one attached hydrogen (secondary N) is 2. The Kier molecular flexibility index (Phi) is 4.24. The maximum atomic E-state index is 12.2. The number of rotatable bonds is 4. The van der Waals surface area contributed by atoms with Gasteiger partial charge in [0.2, 0.25) is 0 Å². The Morgan fingerprint density at radius 1 is 1.04 bits per heavy atom. The van der Waals surface area contributed by atoms with Crippen LogP contribution in [0.15, 0.2) is 54.6 Å². The zero-order valence-electron chi connectivity index (χ0n) is 13.3. The average molecular weight is 305 g/mol. The number of aromatic amines is 1. The van der Waals surface area contributed by atoms with Crippen molar-refractivity contribution in [1.29, 1.82) is 0 Å². The number of H-pyrrole nitrogens is 1. The third-order valence-corrected chi connectivity index (χ3v) is 3.71. The van der Waals surface area contributed by atoms with E-state index >= 15 is 0 Å². The molecule has 3 aromatic rings. The van der Waals surface area contributed by atoms with Crippen molar-refractivity contribution in [3.05, 3.63) is 77.0 Å². The molecule has 0 bridgehead atoms. The Bertz CT molecular complexity index is 819. The molecule has 1 amide bonds. The van der Waals surface area contributed by atoms with Gasteiger partial charge in [0.15, 0.2) is 0 Å². The zero-order chi connectivity index (χ0) is 16.2. The van der Waals surface area contributed by atoms with Gasteiger partial charge in [-0.1, -0.05) is 59.7 Å². The van der Waals surface area contributed by atoms with Crippen molar-refractivity contribution in [2.24, 2.45) is 0 Å². The molecule has 0 fully saturated rings. The third kappa shape index (κ3) is 3.66. The van der Waals surface area contributed by atoms with Gasteiger partial charge in [0.1, 0.15) is 5.69 Å². The fourth-order valence-corrected chi connectivity index (χ4v) is 2.41. The minimum Gasteiger partial charge on any atom is -0.347 e. The molecule has 1 aromatic heterocycles. The van der Waals surface area contributed by atoms with Crippen LogP contribution in [0.5, 0.6) is 0 Å². The quantitative estimate of drug-likeness (QED) is 0.773. The lowest BCUT2D eigenvalue weighted by Crippen LogP contribution is -2.23. The smallest absolute Gasteiger partial charge is 0.269 e. The summed E-state index contributed by atoms with van der Waals surface area (Å²) < 4.78 is 0. The van der Waals surface area contributed by atoms with Gasteiger partial charge in [-0.3, -0.25) is 9.89 Å². The number of nitrogens with zero attached hydrogens (tertiary/aromatic N) is 1. The Morgan fingerprint density at radius 2 is 1.83 bits per heavy atom. The van der Waals surface area contributed by atoms with Gasteiger partial charge >= 0.3 is 0 Å². The molecule has 0 saturated heterocycles. The number of aryl methyl sites for hydroxylation is 2. The predicted octanol–water partition coefficient (Wildman–Crippen LogP) is 3.62. The van der Waals surface area contributed by atoms with Gasteiger partial charge in [-0.15, -0.1) is 0 Å². The van der Waals surface area contributed by atoms with Crippen molar-refractivity contribution in [2.75, 3.05) is 0 Å². The monoisotopic (exact) mass is 305 g/mol. The lowest BCUT2D eigenvalue weighted by Gasteiger charge is -2.04. The Hall–Kier alpha value is -2.88. The summed E-state index contributed by atoms with van der Waals surface area (Å²) in [6, 6.07) is 17.9. The minimum absolute atomic E-state index is 0.155. The minimum atomic E-state index is -0.155. The van der Waals surface area contributed by atoms with Crippen molar-refractivity contribution < 1.29 is 4.79 Å². The Balaban J connectivity index is 1.67. The van der Waals surface area contributed by atoms with E-state index in [-0.39, 0.29) is 5.91 Å². The molecule has 0 unspecified atom stereocenters. The SMILES string of the molecule is Cc1ccc(-c2cc(C(=O)NCc3cccc(C)c3)[nH]n2)cc1. The summed E-state index contributed by atoms with van der Waals surface area (Å²) in [4.78, 5) is 12.2. The van der Waals surface area contributed by atoms with Crippen molar-refractivity contribution in [3.8, 4) is 11.3 Å². The molecular weight excluding hydrogens is 286 g/mol. The average Bonchev–Trinajstić information content (AvgIpc) is 3.03. The van der Waals surface area contributed by atoms with Crippen molar-refractivity contribution in [1.82, 2.24) is 15.5 Å². The summed E-state index contributed by atoms with van der Waals surface area (Å²) in [6.07, 6.45) is 0. The molecule has 0 aliphatic rings. The topological polar surface area (TPSA) is 57.8 Å². The van der Waals surface area contributed by atoms with Gasteiger partial charge in [0.25, 0.3) is 5.91 Å². The van der Waals surface area contributed by atoms with E-state index in [1.165, 1.54) is 11.1 Å². The highest BCUT2D eigenvalue weighted by molar-refractivity contribution is 5.93. The molecule has 3 rings (SSSR count). The van der Waals surface area contributed by atoms with E-state index in [1.807, 2.05) is 56.3 Å². The number of benzene rings is 2. The largest absolute Gasteiger partial charge is 0.347 e. The molecule has 2 aromatic carbocycles. The molecule has 0 radical (unpaired) electrons. The number of amides is 1. The van der Waals surface area contributed by atoms with Crippen molar-refractivity contribution in [3.63, 3.8) is 0 Å². The number of carbonyl (C=O) groups excluding carboxylic acids is 1. The van der Waals surface area contributed by atoms with Gasteiger partial charge in [-0.2, -0.15) is 5.10 Å². The summed E-state index contributed by atoms with van der Waals surface area (Å²) in [6.45, 7) is 4.58. The molecule has 0 spiro atoms. The molecular formula is C19H19N3O. The lowest BCUT2D eigenvalue weighted by molar-refractivity contribution is 0.0946. The first kappa shape index (κ1) is 15.0. The van der Waals surface area contributed by atoms with E-state index in [0.717, 1.165) is 16.8 Å². The molecule has 116 valence electrons. The van der Waals surface area contributed by atoms with Crippen LogP contribution in [-0.4, -0.2) is 16.1 Å². The van der Waals surface area contributed by atoms with Crippen LogP contribution in [0.25, 0.3) is 11.3 Å². The number of hydrogen-bond acceptors (Lipinski definition) is 2. The van der Waals surface area contributed by atoms with E-state index in [0.29, 0.717) is 12.2 Å². The molecule has 1 heterocycles. The molecule has 4 nitrogen and oxygen atoms in total. The van der Waals surface area contributed by atoms with Gasteiger partial charge < -0.3 is 5.32 Å². The first-order valence-corrected chi connectivity index (χ1v) is 7.58. The standard InChI is InChI=1S/C19H19N3O/c1-13-6-8-16(9-7-13)17-11-18(22-21-17)19(23)20-12-15-5-3-4-14(2)10-15/h3-11H,12H2,1-2H3,(H,20,23)(H,21,22). The fraction of sp³-hybridized carbons (Fsp3) is 0.158. The van der Waals surface area contributed by atoms with Crippen molar-refractivity contribution >= 4 is 5.91 Å². The highest BCUT2D eigenvalue weighted by Crippen LogP contribution is 2.18. The summed E-state index contributed by atoms with van der Waals surface area (Å²) >= 11 is 0. The molecule has 0 aliphatic carbocycles. The van der Waals surface area contributed by atoms with Crippen LogP contribution in [-0.2, 0) is 6.54 Å². The Morgan fingerprint density at radius 3 is 2.57 bits per heavy atom. The normalized spacial score (nSPS) is 10.5. The van der Waals surface area contributed by atoms with Gasteiger partial charge in [0, 0.05) is 12.1 Å². The molecule has 0 aliphatic heterocycles. The summed E-state index contributed by atoms with van der Waals surface area (Å²) in [5.41, 5.74) is 5.68. The van der Waals surface area contributed by atoms with Crippen molar-refractivity contribution in [2.45, 2.75) is 20.4 Å². The third-order valence-electron chi connectivity index (χ3n) is 3.71. The van der Waals surface area contributed by atoms with Crippen LogP contribution < -0.4 is 5.32 Å². The Labute approximate surface area is 135 Å². The first-order valence-electron chi connectivity index (χ1n) is 7.58. The van der Waals surface area contributed by atoms with E-state index in [1.54, 1.807) is 6.07 Å². The summed E-state index contributed by atoms with van der Waals surface area (Å²) in [5, 5.41) is 9.93. The molecule has 2 N–H and O–H groups in total. The predicted molar refractivity (Wildman–Crippen MR) is 91.1 cm³/mol. The van der Waals surface area contributed by atoms with Crippen LogP contribution >= 0.6 is 0 Å². The van der Waals surface area contributed by atoms with Gasteiger partial charge in [-0.05, 0) is 25.5 Å². The van der Waals surface area contributed by atoms with Crippen LogP contribution in [0.4, 0.5) is 0 Å². The maximum absolute atomic E-state index is 12.2.